The van der Waals surface area contributed by atoms with E-state index >= 15 is 0 Å². The van der Waals surface area contributed by atoms with E-state index in [1.165, 1.54) is 44.6 Å². The van der Waals surface area contributed by atoms with Gasteiger partial charge >= 0.3 is 0 Å². The van der Waals surface area contributed by atoms with Gasteiger partial charge in [0.2, 0.25) is 0 Å². The summed E-state index contributed by atoms with van der Waals surface area (Å²) in [6.07, 6.45) is 5.48. The number of ketones is 1. The van der Waals surface area contributed by atoms with Crippen LogP contribution < -0.4 is 14.2 Å². The molecular weight excluding hydrogens is 468 g/mol. The highest BCUT2D eigenvalue weighted by Crippen LogP contribution is 2.34. The van der Waals surface area contributed by atoms with E-state index in [0.717, 1.165) is 0 Å². The fourth-order valence-electron chi connectivity index (χ4n) is 3.66. The monoisotopic (exact) mass is 495 g/mol. The largest absolute Gasteiger partial charge is 0.494 e. The molecule has 8 heteroatoms. The van der Waals surface area contributed by atoms with Crippen molar-refractivity contribution in [1.82, 2.24) is 4.98 Å². The molecule has 1 unspecified atom stereocenters. The number of benzene rings is 2. The summed E-state index contributed by atoms with van der Waals surface area (Å²) in [5.74, 6) is 2.73. The van der Waals surface area contributed by atoms with E-state index in [9.17, 15) is 18.7 Å². The number of methoxy groups -OCH3 is 2. The van der Waals surface area contributed by atoms with Crippen molar-refractivity contribution in [1.29, 1.82) is 0 Å². The number of pyridine rings is 1. The van der Waals surface area contributed by atoms with Crippen LogP contribution in [0.4, 0.5) is 8.78 Å². The Morgan fingerprint density at radius 2 is 1.81 bits per heavy atom. The van der Waals surface area contributed by atoms with Crippen LogP contribution in [0.3, 0.4) is 0 Å². The highest BCUT2D eigenvalue weighted by Gasteiger charge is 2.30. The summed E-state index contributed by atoms with van der Waals surface area (Å²) in [5.41, 5.74) is 0.0279. The molecule has 1 aromatic heterocycles. The lowest BCUT2D eigenvalue weighted by Gasteiger charge is -2.23. The summed E-state index contributed by atoms with van der Waals surface area (Å²) in [4.78, 5) is 17.4. The molecule has 3 rings (SSSR count). The Morgan fingerprint density at radius 1 is 1.08 bits per heavy atom. The first-order chi connectivity index (χ1) is 17.3. The second-order valence-electron chi connectivity index (χ2n) is 8.04. The third-order valence-electron chi connectivity index (χ3n) is 5.71. The molecule has 0 aliphatic heterocycles. The lowest BCUT2D eigenvalue weighted by atomic mass is 9.91. The number of aromatic nitrogens is 1. The maximum atomic E-state index is 13.8. The fraction of sp³-hybridized carbons (Fsp3) is 0.286. The van der Waals surface area contributed by atoms with Crippen molar-refractivity contribution < 1.29 is 32.9 Å². The molecule has 188 valence electrons. The molecule has 0 spiro atoms. The van der Waals surface area contributed by atoms with Gasteiger partial charge in [0.25, 0.3) is 0 Å². The number of terminal acetylenes is 1. The van der Waals surface area contributed by atoms with Gasteiger partial charge in [-0.25, -0.2) is 13.8 Å². The highest BCUT2D eigenvalue weighted by molar-refractivity contribution is 5.96. The van der Waals surface area contributed by atoms with Crippen LogP contribution in [-0.4, -0.2) is 43.4 Å². The average molecular weight is 496 g/mol. The Balaban J connectivity index is 1.85. The molecule has 1 heterocycles. The van der Waals surface area contributed by atoms with Gasteiger partial charge in [-0.05, 0) is 61.0 Å². The highest BCUT2D eigenvalue weighted by atomic mass is 19.1. The molecule has 0 bridgehead atoms. The summed E-state index contributed by atoms with van der Waals surface area (Å²) in [6.45, 7) is 0.844. The number of carbonyl (C=O) groups is 1. The van der Waals surface area contributed by atoms with Gasteiger partial charge in [0.05, 0.1) is 19.9 Å². The van der Waals surface area contributed by atoms with Crippen LogP contribution in [0.25, 0.3) is 11.3 Å². The van der Waals surface area contributed by atoms with Crippen molar-refractivity contribution in [2.75, 3.05) is 27.5 Å². The van der Waals surface area contributed by atoms with Gasteiger partial charge in [0.1, 0.15) is 30.5 Å². The van der Waals surface area contributed by atoms with Gasteiger partial charge in [0, 0.05) is 24.0 Å². The number of nitrogens with zero attached hydrogens (tertiary/aromatic N) is 1. The molecule has 0 amide bonds. The third kappa shape index (κ3) is 5.81. The number of hydrogen-bond acceptors (Lipinski definition) is 6. The van der Waals surface area contributed by atoms with Crippen LogP contribution in [0.2, 0.25) is 0 Å². The molecule has 6 nitrogen and oxygen atoms in total. The van der Waals surface area contributed by atoms with Gasteiger partial charge in [-0.15, -0.1) is 6.42 Å². The van der Waals surface area contributed by atoms with Crippen LogP contribution in [0.1, 0.15) is 34.5 Å². The maximum absolute atomic E-state index is 13.8. The van der Waals surface area contributed by atoms with Crippen molar-refractivity contribution in [3.8, 4) is 40.8 Å². The Labute approximate surface area is 208 Å². The van der Waals surface area contributed by atoms with Crippen LogP contribution in [0.5, 0.6) is 17.2 Å². The number of Topliss-reactive ketones (excluding diaryl/α,β-unsaturated/α-hetero) is 1. The van der Waals surface area contributed by atoms with Crippen molar-refractivity contribution in [2.45, 2.75) is 25.4 Å². The van der Waals surface area contributed by atoms with Gasteiger partial charge in [-0.3, -0.25) is 4.79 Å². The number of aryl methyl sites for hydroxylation is 1. The summed E-state index contributed by atoms with van der Waals surface area (Å²) in [6, 6.07) is 12.2. The molecule has 0 radical (unpaired) electrons. The summed E-state index contributed by atoms with van der Waals surface area (Å²) < 4.78 is 42.1. The van der Waals surface area contributed by atoms with Gasteiger partial charge in [-0.2, -0.15) is 0 Å². The van der Waals surface area contributed by atoms with Crippen LogP contribution in [-0.2, 0) is 5.60 Å². The predicted octanol–water partition coefficient (Wildman–Crippen LogP) is 5.05. The number of carbonyl (C=O) groups excluding carboxylic acids is 1. The smallest absolute Gasteiger partial charge is 0.167 e. The van der Waals surface area contributed by atoms with Gasteiger partial charge in [-0.1, -0.05) is 5.92 Å². The minimum atomic E-state index is -1.85. The Hall–Kier alpha value is -3.96. The second-order valence-corrected chi connectivity index (χ2v) is 8.04. The standard InChI is InChI=1S/C28H27F2NO5/c1-5-28(33,13-12-22(32)19-7-9-23(36-15-14-29)25(17-19)35-4)26-11-10-24(34-3)27(31-26)20-6-8-21(30)18(2)16-20/h1,6-11,16-17,33H,12-15H2,2-4H3. The predicted molar refractivity (Wildman–Crippen MR) is 132 cm³/mol. The Morgan fingerprint density at radius 3 is 2.44 bits per heavy atom. The van der Waals surface area contributed by atoms with Crippen molar-refractivity contribution >= 4 is 5.78 Å². The zero-order chi connectivity index (χ0) is 26.3. The van der Waals surface area contributed by atoms with E-state index in [4.69, 9.17) is 20.6 Å². The fourth-order valence-corrected chi connectivity index (χ4v) is 3.66. The molecule has 1 atom stereocenters. The topological polar surface area (TPSA) is 77.9 Å². The van der Waals surface area contributed by atoms with Crippen LogP contribution >= 0.6 is 0 Å². The number of ether oxygens (including phenoxy) is 3. The molecule has 0 saturated heterocycles. The summed E-state index contributed by atoms with van der Waals surface area (Å²) >= 11 is 0. The van der Waals surface area contributed by atoms with E-state index in [-0.39, 0.29) is 42.5 Å². The molecule has 0 saturated carbocycles. The van der Waals surface area contributed by atoms with Crippen LogP contribution in [0, 0.1) is 25.1 Å². The average Bonchev–Trinajstić information content (AvgIpc) is 2.91. The van der Waals surface area contributed by atoms with E-state index in [2.05, 4.69) is 10.9 Å². The number of rotatable bonds is 11. The number of alkyl halides is 1. The van der Waals surface area contributed by atoms with E-state index < -0.39 is 12.3 Å². The van der Waals surface area contributed by atoms with E-state index in [0.29, 0.717) is 33.9 Å². The lowest BCUT2D eigenvalue weighted by molar-refractivity contribution is 0.0736. The molecule has 0 aliphatic rings. The molecule has 3 aromatic rings. The number of hydrogen-bond donors (Lipinski definition) is 1. The Kier molecular flexibility index (Phi) is 8.62. The van der Waals surface area contributed by atoms with E-state index in [1.807, 2.05) is 0 Å². The molecule has 36 heavy (non-hydrogen) atoms. The minimum Gasteiger partial charge on any atom is -0.494 e. The van der Waals surface area contributed by atoms with Crippen molar-refractivity contribution in [3.05, 3.63) is 71.2 Å². The summed E-state index contributed by atoms with van der Waals surface area (Å²) in [5, 5.41) is 11.2. The SMILES string of the molecule is C#CC(O)(CCC(=O)c1ccc(OCCF)c(OC)c1)c1ccc(OC)c(-c2ccc(F)c(C)c2)n1. The second kappa shape index (κ2) is 11.6. The zero-order valence-electron chi connectivity index (χ0n) is 20.3. The van der Waals surface area contributed by atoms with Crippen molar-refractivity contribution in [2.24, 2.45) is 0 Å². The quantitative estimate of drug-likeness (QED) is 0.297. The Bertz CT molecular complexity index is 1290. The summed E-state index contributed by atoms with van der Waals surface area (Å²) in [7, 11) is 2.89. The number of halogens is 2. The molecule has 0 fully saturated rings. The van der Waals surface area contributed by atoms with Gasteiger partial charge < -0.3 is 19.3 Å². The van der Waals surface area contributed by atoms with E-state index in [1.54, 1.807) is 25.1 Å². The minimum absolute atomic E-state index is 0.0900. The van der Waals surface area contributed by atoms with Crippen molar-refractivity contribution in [3.63, 3.8) is 0 Å². The molecule has 2 aromatic carbocycles. The van der Waals surface area contributed by atoms with Crippen LogP contribution in [0.15, 0.2) is 48.5 Å². The number of aliphatic hydroxyl groups is 1. The molecular formula is C28H27F2NO5. The first-order valence-corrected chi connectivity index (χ1v) is 11.2. The lowest BCUT2D eigenvalue weighted by Crippen LogP contribution is -2.26. The first-order valence-electron chi connectivity index (χ1n) is 11.2. The zero-order valence-corrected chi connectivity index (χ0v) is 20.3. The van der Waals surface area contributed by atoms with Gasteiger partial charge in [0.15, 0.2) is 22.9 Å². The molecule has 1 N–H and O–H groups in total. The molecule has 0 aliphatic carbocycles. The third-order valence-corrected chi connectivity index (χ3v) is 5.71. The normalized spacial score (nSPS) is 12.4. The first kappa shape index (κ1) is 26.6. The maximum Gasteiger partial charge on any atom is 0.167 e.